The Morgan fingerprint density at radius 3 is 2.42 bits per heavy atom. The number of carbonyl (C=O) groups is 2. The molecule has 4 rings (SSSR count). The number of fused-ring (bicyclic) bond motifs is 1. The molecule has 40 heavy (non-hydrogen) atoms. The van der Waals surface area contributed by atoms with E-state index in [1.807, 2.05) is 0 Å². The van der Waals surface area contributed by atoms with Gasteiger partial charge in [0.2, 0.25) is 21.8 Å². The molecule has 1 aromatic rings. The second-order valence-corrected chi connectivity index (χ2v) is 13.5. The molecule has 224 valence electrons. The van der Waals surface area contributed by atoms with Crippen LogP contribution in [0.1, 0.15) is 89.2 Å². The first-order valence-electron chi connectivity index (χ1n) is 14.3. The van der Waals surface area contributed by atoms with E-state index in [0.29, 0.717) is 12.0 Å². The zero-order valence-electron chi connectivity index (χ0n) is 23.5. The van der Waals surface area contributed by atoms with Crippen molar-refractivity contribution in [1.29, 1.82) is 5.41 Å². The maximum absolute atomic E-state index is 14.2. The number of aromatic hydroxyl groups is 1. The van der Waals surface area contributed by atoms with Crippen molar-refractivity contribution in [2.24, 2.45) is 11.7 Å². The van der Waals surface area contributed by atoms with Crippen LogP contribution >= 0.6 is 12.4 Å². The van der Waals surface area contributed by atoms with Crippen LogP contribution in [-0.4, -0.2) is 70.3 Å². The quantitative estimate of drug-likeness (QED) is 0.253. The Balaban J connectivity index is 0.00000441. The van der Waals surface area contributed by atoms with E-state index in [1.54, 1.807) is 24.8 Å². The summed E-state index contributed by atoms with van der Waals surface area (Å²) in [4.78, 5) is 29.4. The summed E-state index contributed by atoms with van der Waals surface area (Å²) < 4.78 is 27.9. The average molecular weight is 598 g/mol. The van der Waals surface area contributed by atoms with Crippen molar-refractivity contribution in [2.75, 3.05) is 5.75 Å². The third kappa shape index (κ3) is 6.74. The zero-order chi connectivity index (χ0) is 28.3. The van der Waals surface area contributed by atoms with Gasteiger partial charge in [-0.25, -0.2) is 8.42 Å². The van der Waals surface area contributed by atoms with Crippen molar-refractivity contribution >= 4 is 40.1 Å². The Bertz CT molecular complexity index is 1190. The first-order chi connectivity index (χ1) is 18.5. The highest BCUT2D eigenvalue weighted by molar-refractivity contribution is 7.89. The Hall–Kier alpha value is -2.37. The van der Waals surface area contributed by atoms with Crippen LogP contribution in [0.2, 0.25) is 0 Å². The fourth-order valence-corrected chi connectivity index (χ4v) is 8.36. The molecule has 1 saturated heterocycles. The Morgan fingerprint density at radius 2 is 1.80 bits per heavy atom. The lowest BCUT2D eigenvalue weighted by Crippen LogP contribution is -2.58. The van der Waals surface area contributed by atoms with E-state index in [4.69, 9.17) is 11.1 Å². The topological polar surface area (TPSA) is 157 Å². The van der Waals surface area contributed by atoms with Gasteiger partial charge >= 0.3 is 0 Å². The molecule has 2 saturated carbocycles. The van der Waals surface area contributed by atoms with E-state index < -0.39 is 22.1 Å². The van der Waals surface area contributed by atoms with Crippen LogP contribution in [0.25, 0.3) is 0 Å². The Morgan fingerprint density at radius 1 is 1.15 bits per heavy atom. The zero-order valence-corrected chi connectivity index (χ0v) is 25.1. The molecule has 0 radical (unpaired) electrons. The molecule has 1 aromatic carbocycles. The predicted molar refractivity (Wildman–Crippen MR) is 157 cm³/mol. The van der Waals surface area contributed by atoms with Crippen LogP contribution in [0.5, 0.6) is 5.75 Å². The number of phenolic OH excluding ortho intramolecular Hbond substituents is 1. The fourth-order valence-electron chi connectivity index (χ4n) is 6.83. The summed E-state index contributed by atoms with van der Waals surface area (Å²) in [7, 11) is -3.62. The summed E-state index contributed by atoms with van der Waals surface area (Å²) in [6.45, 7) is 3.45. The smallest absolute Gasteiger partial charge is 0.243 e. The van der Waals surface area contributed by atoms with Gasteiger partial charge in [-0.3, -0.25) is 15.0 Å². The first kappa shape index (κ1) is 32.1. The normalized spacial score (nSPS) is 24.2. The average Bonchev–Trinajstić information content (AvgIpc) is 3.31. The molecule has 0 aromatic heterocycles. The molecule has 0 bridgehead atoms. The number of halogens is 1. The summed E-state index contributed by atoms with van der Waals surface area (Å²) in [6.07, 6.45) is 8.85. The summed E-state index contributed by atoms with van der Waals surface area (Å²) in [6, 6.07) is 2.89. The van der Waals surface area contributed by atoms with Crippen molar-refractivity contribution in [1.82, 2.24) is 14.5 Å². The maximum Gasteiger partial charge on any atom is 0.243 e. The number of hydrogen-bond donors (Lipinski definition) is 4. The number of likely N-dealkylation sites (tertiary alicyclic amines) is 1. The lowest BCUT2D eigenvalue weighted by molar-refractivity contribution is -0.144. The molecule has 10 nitrogen and oxygen atoms in total. The number of amidine groups is 1. The third-order valence-corrected chi connectivity index (χ3v) is 10.8. The van der Waals surface area contributed by atoms with Crippen LogP contribution in [-0.2, 0) is 26.2 Å². The summed E-state index contributed by atoms with van der Waals surface area (Å²) in [5, 5.41) is 20.6. The second kappa shape index (κ2) is 13.5. The van der Waals surface area contributed by atoms with E-state index in [0.717, 1.165) is 57.8 Å². The van der Waals surface area contributed by atoms with E-state index in [1.165, 1.54) is 16.4 Å². The molecule has 2 amide bonds. The lowest BCUT2D eigenvalue weighted by atomic mass is 9.84. The molecule has 3 aliphatic rings. The lowest BCUT2D eigenvalue weighted by Gasteiger charge is -2.41. The SMILES string of the molecule is CCS(=O)(=O)N(C1CCCCC1)[C@@H](C)C(=O)N1[C@H](C(=O)NCc2ccc(C(=N)N)c(O)c2)C[C@@H]2CCCC[C@@H]21.Cl. The number of nitrogen functional groups attached to an aromatic ring is 1. The van der Waals surface area contributed by atoms with Crippen molar-refractivity contribution in [3.05, 3.63) is 29.3 Å². The van der Waals surface area contributed by atoms with Crippen molar-refractivity contribution < 1.29 is 23.1 Å². The number of nitrogens with two attached hydrogens (primary N) is 1. The molecular formula is C28H44ClN5O5S. The minimum Gasteiger partial charge on any atom is -0.507 e. The summed E-state index contributed by atoms with van der Waals surface area (Å²) in [5.41, 5.74) is 6.34. The molecule has 3 fully saturated rings. The predicted octanol–water partition coefficient (Wildman–Crippen LogP) is 3.25. The molecule has 12 heteroatoms. The van der Waals surface area contributed by atoms with Gasteiger partial charge < -0.3 is 21.1 Å². The second-order valence-electron chi connectivity index (χ2n) is 11.3. The van der Waals surface area contributed by atoms with E-state index in [-0.39, 0.29) is 71.7 Å². The fraction of sp³-hybridized carbons (Fsp3) is 0.679. The van der Waals surface area contributed by atoms with E-state index in [9.17, 15) is 23.1 Å². The van der Waals surface area contributed by atoms with Gasteiger partial charge in [0.15, 0.2) is 0 Å². The number of rotatable bonds is 9. The van der Waals surface area contributed by atoms with Gasteiger partial charge in [0.05, 0.1) is 11.3 Å². The van der Waals surface area contributed by atoms with Crippen molar-refractivity contribution in [2.45, 2.75) is 109 Å². The molecule has 2 aliphatic carbocycles. The molecule has 0 unspecified atom stereocenters. The Labute approximate surface area is 244 Å². The van der Waals surface area contributed by atoms with E-state index in [2.05, 4.69) is 5.32 Å². The van der Waals surface area contributed by atoms with Gasteiger partial charge in [0.1, 0.15) is 23.7 Å². The van der Waals surface area contributed by atoms with Gasteiger partial charge in [0, 0.05) is 18.6 Å². The van der Waals surface area contributed by atoms with Gasteiger partial charge in [-0.2, -0.15) is 4.31 Å². The molecule has 1 aliphatic heterocycles. The minimum atomic E-state index is -3.62. The summed E-state index contributed by atoms with van der Waals surface area (Å²) in [5.74, 6) is -0.778. The molecule has 5 N–H and O–H groups in total. The number of nitrogens with one attached hydrogen (secondary N) is 2. The van der Waals surface area contributed by atoms with Crippen molar-refractivity contribution in [3.63, 3.8) is 0 Å². The highest BCUT2D eigenvalue weighted by atomic mass is 35.5. The van der Waals surface area contributed by atoms with Gasteiger partial charge in [-0.05, 0) is 69.6 Å². The maximum atomic E-state index is 14.2. The number of hydrogen-bond acceptors (Lipinski definition) is 6. The monoisotopic (exact) mass is 597 g/mol. The van der Waals surface area contributed by atoms with Crippen LogP contribution in [0.4, 0.5) is 0 Å². The number of sulfonamides is 1. The molecule has 1 heterocycles. The molecular weight excluding hydrogens is 554 g/mol. The number of carbonyl (C=O) groups excluding carboxylic acids is 2. The van der Waals surface area contributed by atoms with Crippen LogP contribution in [0.3, 0.4) is 0 Å². The van der Waals surface area contributed by atoms with E-state index >= 15 is 0 Å². The highest BCUT2D eigenvalue weighted by Crippen LogP contribution is 2.41. The number of phenols is 1. The van der Waals surface area contributed by atoms with Crippen LogP contribution in [0.15, 0.2) is 18.2 Å². The highest BCUT2D eigenvalue weighted by Gasteiger charge is 2.50. The number of amides is 2. The van der Waals surface area contributed by atoms with Gasteiger partial charge in [0.25, 0.3) is 0 Å². The third-order valence-electron chi connectivity index (χ3n) is 8.82. The van der Waals surface area contributed by atoms with Crippen LogP contribution < -0.4 is 11.1 Å². The van der Waals surface area contributed by atoms with Crippen molar-refractivity contribution in [3.8, 4) is 5.75 Å². The number of benzene rings is 1. The van der Waals surface area contributed by atoms with Gasteiger partial charge in [-0.1, -0.05) is 38.2 Å². The molecule has 0 spiro atoms. The molecule has 4 atom stereocenters. The standard InChI is InChI=1S/C28H43N5O5S.ClH/c1-3-39(37,38)33(21-10-5-4-6-11-21)18(2)28(36)32-23-12-8-7-9-20(23)16-24(32)27(35)31-17-19-13-14-22(26(29)30)25(34)15-19;/h13-15,18,20-21,23-24,34H,3-12,16-17H2,1-2H3,(H3,29,30)(H,31,35);1H/t18-,20-,23-,24-;/m0./s1. The van der Waals surface area contributed by atoms with Crippen LogP contribution in [0, 0.1) is 11.3 Å². The largest absolute Gasteiger partial charge is 0.507 e. The van der Waals surface area contributed by atoms with Gasteiger partial charge in [-0.15, -0.1) is 12.4 Å². The number of nitrogens with zero attached hydrogens (tertiary/aromatic N) is 2. The summed E-state index contributed by atoms with van der Waals surface area (Å²) >= 11 is 0. The first-order valence-corrected chi connectivity index (χ1v) is 15.9. The Kier molecular flexibility index (Phi) is 10.9. The minimum absolute atomic E-state index is 0.